The Morgan fingerprint density at radius 2 is 1.91 bits per heavy atom. The van der Waals surface area contributed by atoms with Gasteiger partial charge in [-0.2, -0.15) is 0 Å². The van der Waals surface area contributed by atoms with Crippen molar-refractivity contribution < 1.29 is 14.2 Å². The van der Waals surface area contributed by atoms with E-state index in [-0.39, 0.29) is 22.2 Å². The van der Waals surface area contributed by atoms with Gasteiger partial charge in [-0.25, -0.2) is 24.1 Å². The van der Waals surface area contributed by atoms with Crippen molar-refractivity contribution in [1.82, 2.24) is 9.97 Å². The first-order valence-electron chi connectivity index (χ1n) is 10.3. The van der Waals surface area contributed by atoms with Gasteiger partial charge in [0.15, 0.2) is 11.8 Å². The van der Waals surface area contributed by atoms with E-state index in [0.29, 0.717) is 28.2 Å². The van der Waals surface area contributed by atoms with Crippen LogP contribution in [0.1, 0.15) is 32.0 Å². The number of rotatable bonds is 5. The average Bonchev–Trinajstić information content (AvgIpc) is 2.76. The molecule has 10 heteroatoms. The zero-order valence-corrected chi connectivity index (χ0v) is 19.7. The minimum Gasteiger partial charge on any atom is -0.396 e. The number of hydrogen-bond donors (Lipinski definition) is 5. The third-order valence-electron chi connectivity index (χ3n) is 4.50. The van der Waals surface area contributed by atoms with Crippen LogP contribution in [0.4, 0.5) is 26.5 Å². The highest BCUT2D eigenvalue weighted by molar-refractivity contribution is 6.33. The second kappa shape index (κ2) is 10.3. The molecule has 1 heterocycles. The molecule has 0 aliphatic rings. The molecule has 2 aromatic carbocycles. The highest BCUT2D eigenvalue weighted by atomic mass is 35.5. The molecule has 0 saturated heterocycles. The lowest BCUT2D eigenvalue weighted by Crippen LogP contribution is -2.81. The van der Waals surface area contributed by atoms with Gasteiger partial charge in [0, 0.05) is 11.9 Å². The van der Waals surface area contributed by atoms with Crippen LogP contribution >= 0.6 is 11.6 Å². The number of urea groups is 1. The van der Waals surface area contributed by atoms with E-state index in [1.54, 1.807) is 30.5 Å². The van der Waals surface area contributed by atoms with Gasteiger partial charge in [-0.1, -0.05) is 23.7 Å². The van der Waals surface area contributed by atoms with E-state index in [1.165, 1.54) is 18.3 Å². The smallest absolute Gasteiger partial charge is 0.323 e. The van der Waals surface area contributed by atoms with Crippen LogP contribution in [-0.2, 0) is 0 Å². The first-order valence-corrected chi connectivity index (χ1v) is 10.7. The zero-order valence-electron chi connectivity index (χ0n) is 19.0. The van der Waals surface area contributed by atoms with Gasteiger partial charge in [0.05, 0.1) is 27.7 Å². The Morgan fingerprint density at radius 1 is 1.15 bits per heavy atom. The van der Waals surface area contributed by atoms with E-state index in [0.717, 1.165) is 6.07 Å². The maximum Gasteiger partial charge on any atom is 0.323 e. The fourth-order valence-electron chi connectivity index (χ4n) is 2.91. The highest BCUT2D eigenvalue weighted by Crippen LogP contribution is 2.24. The Morgan fingerprint density at radius 3 is 2.62 bits per heavy atom. The Bertz CT molecular complexity index is 1270. The van der Waals surface area contributed by atoms with Crippen molar-refractivity contribution in [3.63, 3.8) is 0 Å². The molecule has 0 saturated carbocycles. The number of halogens is 2. The van der Waals surface area contributed by atoms with E-state index < -0.39 is 11.8 Å². The lowest BCUT2D eigenvalue weighted by Gasteiger charge is -2.12. The van der Waals surface area contributed by atoms with Crippen LogP contribution < -0.4 is 27.1 Å². The third-order valence-corrected chi connectivity index (χ3v) is 4.83. The normalized spacial score (nSPS) is 12.4. The number of nitrogens with two attached hydrogens (primary N) is 2. The Balaban J connectivity index is 1.94. The minimum absolute atomic E-state index is 0.103. The summed E-state index contributed by atoms with van der Waals surface area (Å²) in [6.07, 6.45) is 3.32. The van der Waals surface area contributed by atoms with Crippen molar-refractivity contribution in [1.29, 1.82) is 0 Å². The lowest BCUT2D eigenvalue weighted by atomic mass is 10.0. The molecule has 0 atom stereocenters. The largest absolute Gasteiger partial charge is 0.396 e. The number of carbonyl (C=O) groups excluding carboxylic acids is 1. The average molecular weight is 483 g/mol. The molecule has 0 spiro atoms. The fourth-order valence-corrected chi connectivity index (χ4v) is 3.07. The summed E-state index contributed by atoms with van der Waals surface area (Å²) in [7, 11) is 0. The quantitative estimate of drug-likeness (QED) is 0.356. The molecule has 7 N–H and O–H groups in total. The maximum absolute atomic E-state index is 13.5. The molecule has 0 bridgehead atoms. The predicted octanol–water partition coefficient (Wildman–Crippen LogP) is 3.27. The predicted molar refractivity (Wildman–Crippen MR) is 135 cm³/mol. The lowest BCUT2D eigenvalue weighted by molar-refractivity contribution is -0.533. The summed E-state index contributed by atoms with van der Waals surface area (Å²) in [4.78, 5) is 23.9. The summed E-state index contributed by atoms with van der Waals surface area (Å²) in [5, 5.41) is 5.47. The number of amides is 2. The van der Waals surface area contributed by atoms with E-state index >= 15 is 0 Å². The summed E-state index contributed by atoms with van der Waals surface area (Å²) in [5.41, 5.74) is 14.8. The molecule has 0 aliphatic carbocycles. The standard InChI is InChI=1S/C24H25ClFN7O/c1-24(2,3)30-13-17(21(27)19-9-10-29-22(28)32-19)14-5-4-6-16(11-14)31-23(34)33-20-12-15(26)7-8-18(20)25/h4-13H,27H2,1-3H3,(H2,28,29,32)(H2,31,33,34)/p+1. The molecule has 0 unspecified atom stereocenters. The van der Waals surface area contributed by atoms with Gasteiger partial charge >= 0.3 is 6.03 Å². The first kappa shape index (κ1) is 24.7. The number of benzene rings is 2. The molecule has 0 fully saturated rings. The monoisotopic (exact) mass is 482 g/mol. The van der Waals surface area contributed by atoms with Crippen LogP contribution in [0.15, 0.2) is 54.7 Å². The number of aromatic nitrogens is 2. The molecule has 3 aromatic rings. The molecule has 3 rings (SSSR count). The molecule has 34 heavy (non-hydrogen) atoms. The number of nitrogen functional groups attached to an aromatic ring is 1. The van der Waals surface area contributed by atoms with Crippen LogP contribution in [-0.4, -0.2) is 27.8 Å². The van der Waals surface area contributed by atoms with Crippen molar-refractivity contribution in [2.45, 2.75) is 26.3 Å². The molecule has 2 amide bonds. The number of nitrogens with zero attached hydrogens (tertiary/aromatic N) is 2. The molecule has 1 aromatic heterocycles. The number of anilines is 3. The second-order valence-corrected chi connectivity index (χ2v) is 8.86. The topological polar surface area (TPSA) is 133 Å². The molecule has 176 valence electrons. The van der Waals surface area contributed by atoms with Crippen LogP contribution in [0, 0.1) is 5.82 Å². The molecular formula is C24H26ClFN7O+. The summed E-state index contributed by atoms with van der Waals surface area (Å²) in [6.45, 7) is 6.04. The highest BCUT2D eigenvalue weighted by Gasteiger charge is 2.17. The van der Waals surface area contributed by atoms with Crippen molar-refractivity contribution >= 4 is 52.4 Å². The van der Waals surface area contributed by atoms with Crippen molar-refractivity contribution in [3.05, 3.63) is 76.8 Å². The number of allylic oxidation sites excluding steroid dienone is 1. The minimum atomic E-state index is -0.580. The van der Waals surface area contributed by atoms with Crippen LogP contribution in [0.25, 0.3) is 11.3 Å². The van der Waals surface area contributed by atoms with Gasteiger partial charge in [-0.3, -0.25) is 0 Å². The summed E-state index contributed by atoms with van der Waals surface area (Å²) < 4.78 is 13.5. The molecule has 8 nitrogen and oxygen atoms in total. The van der Waals surface area contributed by atoms with Gasteiger partial charge in [-0.05, 0) is 62.7 Å². The molecule has 0 aliphatic heterocycles. The van der Waals surface area contributed by atoms with Gasteiger partial charge in [0.2, 0.25) is 5.95 Å². The summed E-state index contributed by atoms with van der Waals surface area (Å²) >= 11 is 6.03. The van der Waals surface area contributed by atoms with Crippen LogP contribution in [0.3, 0.4) is 0 Å². The molecule has 0 radical (unpaired) electrons. The third kappa shape index (κ3) is 6.76. The van der Waals surface area contributed by atoms with Crippen molar-refractivity contribution in [3.8, 4) is 0 Å². The molecular weight excluding hydrogens is 457 g/mol. The summed E-state index contributed by atoms with van der Waals surface area (Å²) in [6, 6.07) is 11.9. The van der Waals surface area contributed by atoms with Crippen LogP contribution in [0.5, 0.6) is 0 Å². The number of carbonyl (C=O) groups is 1. The van der Waals surface area contributed by atoms with Gasteiger partial charge in [0.1, 0.15) is 5.82 Å². The van der Waals surface area contributed by atoms with Crippen molar-refractivity contribution in [2.24, 2.45) is 5.73 Å². The Kier molecular flexibility index (Phi) is 7.47. The summed E-state index contributed by atoms with van der Waals surface area (Å²) in [5.74, 6) is -0.411. The SMILES string of the molecule is CC(C)(C)[NH+]=CC(=C(N)c1ccnc(N)n1)c1cccc(NC(=O)Nc2cc(F)ccc2Cl)c1. The Hall–Kier alpha value is -3.98. The Labute approximate surface area is 202 Å². The number of hydrogen-bond acceptors (Lipinski definition) is 5. The first-order chi connectivity index (χ1) is 16.0. The zero-order chi connectivity index (χ0) is 24.9. The van der Waals surface area contributed by atoms with E-state index in [2.05, 4.69) is 25.6 Å². The maximum atomic E-state index is 13.5. The van der Waals surface area contributed by atoms with Crippen molar-refractivity contribution in [2.75, 3.05) is 16.4 Å². The van der Waals surface area contributed by atoms with Gasteiger partial charge < -0.3 is 22.1 Å². The van der Waals surface area contributed by atoms with Gasteiger partial charge in [-0.15, -0.1) is 0 Å². The van der Waals surface area contributed by atoms with Gasteiger partial charge in [0.25, 0.3) is 0 Å². The van der Waals surface area contributed by atoms with E-state index in [9.17, 15) is 9.18 Å². The second-order valence-electron chi connectivity index (χ2n) is 8.45. The number of nitrogens with one attached hydrogen (secondary N) is 3. The fraction of sp³-hybridized carbons (Fsp3) is 0.167. The van der Waals surface area contributed by atoms with E-state index in [1.807, 2.05) is 26.8 Å². The van der Waals surface area contributed by atoms with Crippen LogP contribution in [0.2, 0.25) is 5.02 Å². The van der Waals surface area contributed by atoms with E-state index in [4.69, 9.17) is 23.1 Å².